The third-order valence-electron chi connectivity index (χ3n) is 6.03. The van der Waals surface area contributed by atoms with Crippen molar-refractivity contribution in [1.82, 2.24) is 14.8 Å². The summed E-state index contributed by atoms with van der Waals surface area (Å²) in [7, 11) is 1.88. The van der Waals surface area contributed by atoms with Gasteiger partial charge in [-0.1, -0.05) is 39.0 Å². The highest BCUT2D eigenvalue weighted by Gasteiger charge is 2.34. The van der Waals surface area contributed by atoms with E-state index in [1.807, 2.05) is 18.5 Å². The Morgan fingerprint density at radius 1 is 1.46 bits per heavy atom. The number of aromatic nitrogens is 3. The van der Waals surface area contributed by atoms with E-state index in [1.165, 1.54) is 16.6 Å². The minimum Gasteiger partial charge on any atom is -0.316 e. The summed E-state index contributed by atoms with van der Waals surface area (Å²) in [5.41, 5.74) is 2.09. The molecule has 1 N–H and O–H groups in total. The van der Waals surface area contributed by atoms with Crippen LogP contribution >= 0.6 is 23.1 Å². The maximum Gasteiger partial charge on any atom is 0.235 e. The molecule has 0 saturated heterocycles. The fourth-order valence-corrected chi connectivity index (χ4v) is 5.60. The number of amides is 1. The Morgan fingerprint density at radius 3 is 2.82 bits per heavy atom. The topological polar surface area (TPSA) is 83.6 Å². The molecule has 2 aromatic heterocycles. The molecule has 0 aromatic carbocycles. The third kappa shape index (κ3) is 4.11. The van der Waals surface area contributed by atoms with Gasteiger partial charge in [0.25, 0.3) is 0 Å². The highest BCUT2D eigenvalue weighted by molar-refractivity contribution is 7.99. The van der Waals surface area contributed by atoms with E-state index in [1.54, 1.807) is 11.3 Å². The molecule has 6 nitrogen and oxygen atoms in total. The van der Waals surface area contributed by atoms with E-state index in [-0.39, 0.29) is 11.7 Å². The number of hydrogen-bond donors (Lipinski definition) is 1. The second-order valence-electron chi connectivity index (χ2n) is 8.03. The highest BCUT2D eigenvalue weighted by Crippen LogP contribution is 2.45. The van der Waals surface area contributed by atoms with E-state index in [0.717, 1.165) is 37.1 Å². The molecule has 1 aliphatic carbocycles. The van der Waals surface area contributed by atoms with Gasteiger partial charge in [-0.15, -0.1) is 21.5 Å². The Labute approximate surface area is 174 Å². The minimum atomic E-state index is -0.119. The van der Waals surface area contributed by atoms with Crippen molar-refractivity contribution in [2.45, 2.75) is 58.5 Å². The van der Waals surface area contributed by atoms with Gasteiger partial charge in [0.15, 0.2) is 5.16 Å². The number of thioether (sulfide) groups is 1. The molecular formula is C20H27N5OS2. The van der Waals surface area contributed by atoms with Crippen LogP contribution in [0.5, 0.6) is 0 Å². The number of nitrogens with one attached hydrogen (secondary N) is 1. The van der Waals surface area contributed by atoms with Crippen molar-refractivity contribution in [3.63, 3.8) is 0 Å². The quantitative estimate of drug-likeness (QED) is 0.707. The molecule has 1 aliphatic rings. The Morgan fingerprint density at radius 2 is 2.21 bits per heavy atom. The summed E-state index contributed by atoms with van der Waals surface area (Å²) in [6.45, 7) is 8.78. The summed E-state index contributed by atoms with van der Waals surface area (Å²) < 4.78 is 1.86. The van der Waals surface area contributed by atoms with Crippen molar-refractivity contribution < 1.29 is 4.79 Å². The first-order valence-corrected chi connectivity index (χ1v) is 11.4. The number of carbonyl (C=O) groups excluding carboxylic acids is 1. The number of nitriles is 1. The lowest BCUT2D eigenvalue weighted by molar-refractivity contribution is -0.113. The number of hydrogen-bond acceptors (Lipinski definition) is 6. The van der Waals surface area contributed by atoms with Crippen molar-refractivity contribution in [3.8, 4) is 6.07 Å². The first-order valence-electron chi connectivity index (χ1n) is 9.60. The monoisotopic (exact) mass is 417 g/mol. The van der Waals surface area contributed by atoms with Crippen LogP contribution in [0.15, 0.2) is 5.16 Å². The van der Waals surface area contributed by atoms with Gasteiger partial charge in [0.05, 0.1) is 11.3 Å². The molecule has 28 heavy (non-hydrogen) atoms. The van der Waals surface area contributed by atoms with Gasteiger partial charge in [-0.05, 0) is 43.1 Å². The number of anilines is 1. The van der Waals surface area contributed by atoms with E-state index in [2.05, 4.69) is 42.4 Å². The molecule has 3 rings (SSSR count). The van der Waals surface area contributed by atoms with Gasteiger partial charge in [-0.2, -0.15) is 5.26 Å². The molecule has 1 amide bonds. The maximum absolute atomic E-state index is 12.5. The van der Waals surface area contributed by atoms with Crippen LogP contribution < -0.4 is 5.32 Å². The molecule has 8 heteroatoms. The lowest BCUT2D eigenvalue weighted by Gasteiger charge is -2.36. The van der Waals surface area contributed by atoms with Crippen LogP contribution in [0.1, 0.15) is 55.4 Å². The lowest BCUT2D eigenvalue weighted by Crippen LogP contribution is -2.28. The second kappa shape index (κ2) is 8.26. The fraction of sp³-hybridized carbons (Fsp3) is 0.600. The van der Waals surface area contributed by atoms with Crippen LogP contribution in [-0.4, -0.2) is 26.4 Å². The molecule has 1 unspecified atom stereocenters. The summed E-state index contributed by atoms with van der Waals surface area (Å²) in [4.78, 5) is 13.7. The molecule has 150 valence electrons. The molecular weight excluding hydrogens is 390 g/mol. The molecule has 0 radical (unpaired) electrons. The molecule has 0 fully saturated rings. The van der Waals surface area contributed by atoms with E-state index in [4.69, 9.17) is 0 Å². The van der Waals surface area contributed by atoms with E-state index in [0.29, 0.717) is 27.1 Å². The van der Waals surface area contributed by atoms with Gasteiger partial charge in [-0.3, -0.25) is 4.79 Å². The summed E-state index contributed by atoms with van der Waals surface area (Å²) >= 11 is 2.93. The lowest BCUT2D eigenvalue weighted by atomic mass is 9.69. The Hall–Kier alpha value is -1.85. The second-order valence-corrected chi connectivity index (χ2v) is 10.1. The highest BCUT2D eigenvalue weighted by atomic mass is 32.2. The van der Waals surface area contributed by atoms with E-state index < -0.39 is 0 Å². The van der Waals surface area contributed by atoms with Gasteiger partial charge >= 0.3 is 0 Å². The smallest absolute Gasteiger partial charge is 0.235 e. The van der Waals surface area contributed by atoms with Crippen molar-refractivity contribution in [2.24, 2.45) is 18.4 Å². The Bertz CT molecular complexity index is 922. The maximum atomic E-state index is 12.5. The predicted molar refractivity (Wildman–Crippen MR) is 114 cm³/mol. The number of nitrogens with zero attached hydrogens (tertiary/aromatic N) is 4. The van der Waals surface area contributed by atoms with Gasteiger partial charge in [-0.25, -0.2) is 0 Å². The molecule has 0 saturated carbocycles. The average Bonchev–Trinajstić information content (AvgIpc) is 3.18. The molecule has 2 heterocycles. The normalized spacial score (nSPS) is 16.5. The molecule has 1 atom stereocenters. The van der Waals surface area contributed by atoms with Crippen LogP contribution in [0.2, 0.25) is 0 Å². The predicted octanol–water partition coefficient (Wildman–Crippen LogP) is 4.33. The standard InChI is InChI=1S/C20H27N5OS2/c1-6-20(3,4)13-7-8-14-15(10-21)18(28-16(14)9-13)22-17(26)11-27-19-24-23-12(2)25(19)5/h13H,6-9,11H2,1-5H3,(H,22,26). The molecule has 2 aromatic rings. The van der Waals surface area contributed by atoms with E-state index >= 15 is 0 Å². The number of thiophene rings is 1. The van der Waals surface area contributed by atoms with Crippen molar-refractivity contribution >= 4 is 34.0 Å². The number of carbonyl (C=O) groups is 1. The minimum absolute atomic E-state index is 0.119. The van der Waals surface area contributed by atoms with Gasteiger partial charge in [0, 0.05) is 11.9 Å². The SMILES string of the molecule is CCC(C)(C)C1CCc2c(sc(NC(=O)CSc3nnc(C)n3C)c2C#N)C1. The number of fused-ring (bicyclic) bond motifs is 1. The van der Waals surface area contributed by atoms with Crippen LogP contribution in [0, 0.1) is 29.6 Å². The van der Waals surface area contributed by atoms with Crippen LogP contribution in [0.4, 0.5) is 5.00 Å². The Balaban J connectivity index is 1.70. The van der Waals surface area contributed by atoms with Crippen molar-refractivity contribution in [2.75, 3.05) is 11.1 Å². The fourth-order valence-electron chi connectivity index (χ4n) is 3.55. The summed E-state index contributed by atoms with van der Waals surface area (Å²) in [5, 5.41) is 22.1. The van der Waals surface area contributed by atoms with E-state index in [9.17, 15) is 10.1 Å². The summed E-state index contributed by atoms with van der Waals surface area (Å²) in [6.07, 6.45) is 4.17. The first-order chi connectivity index (χ1) is 13.3. The number of rotatable bonds is 6. The third-order valence-corrected chi connectivity index (χ3v) is 8.22. The van der Waals surface area contributed by atoms with Crippen LogP contribution in [0.3, 0.4) is 0 Å². The molecule has 0 bridgehead atoms. The molecule has 0 aliphatic heterocycles. The first kappa shape index (κ1) is 20.9. The number of aryl methyl sites for hydroxylation is 1. The van der Waals surface area contributed by atoms with Gasteiger partial charge < -0.3 is 9.88 Å². The zero-order chi connectivity index (χ0) is 20.5. The summed E-state index contributed by atoms with van der Waals surface area (Å²) in [5.74, 6) is 1.55. The summed E-state index contributed by atoms with van der Waals surface area (Å²) in [6, 6.07) is 2.33. The van der Waals surface area contributed by atoms with Crippen LogP contribution in [-0.2, 0) is 24.7 Å². The average molecular weight is 418 g/mol. The van der Waals surface area contributed by atoms with Gasteiger partial charge in [0.1, 0.15) is 16.9 Å². The zero-order valence-electron chi connectivity index (χ0n) is 17.1. The zero-order valence-corrected chi connectivity index (χ0v) is 18.8. The Kier molecular flexibility index (Phi) is 6.15. The molecule has 0 spiro atoms. The van der Waals surface area contributed by atoms with Crippen molar-refractivity contribution in [1.29, 1.82) is 5.26 Å². The largest absolute Gasteiger partial charge is 0.316 e. The van der Waals surface area contributed by atoms with Crippen LogP contribution in [0.25, 0.3) is 0 Å². The van der Waals surface area contributed by atoms with Crippen molar-refractivity contribution in [3.05, 3.63) is 21.8 Å². The van der Waals surface area contributed by atoms with Gasteiger partial charge in [0.2, 0.25) is 5.91 Å².